The van der Waals surface area contributed by atoms with E-state index in [9.17, 15) is 4.79 Å². The number of hydrogen-bond donors (Lipinski definition) is 0. The molecule has 0 fully saturated rings. The molecule has 1 amide bonds. The van der Waals surface area contributed by atoms with E-state index in [4.69, 9.17) is 21.1 Å². The first-order valence-electron chi connectivity index (χ1n) is 9.09. The first kappa shape index (κ1) is 19.5. The molecular formula is C22H19ClN2O3S. The Morgan fingerprint density at radius 2 is 1.90 bits per heavy atom. The smallest absolute Gasteiger partial charge is 0.268 e. The number of carbonyl (C=O) groups is 1. The number of fused-ring (bicyclic) bond motifs is 3. The number of hydrogen-bond acceptors (Lipinski definition) is 5. The van der Waals surface area contributed by atoms with Gasteiger partial charge in [-0.1, -0.05) is 29.8 Å². The summed E-state index contributed by atoms with van der Waals surface area (Å²) >= 11 is 7.83. The third kappa shape index (κ3) is 3.39. The van der Waals surface area contributed by atoms with Crippen LogP contribution in [0.25, 0.3) is 21.0 Å². The summed E-state index contributed by atoms with van der Waals surface area (Å²) in [5.74, 6) is 1.13. The van der Waals surface area contributed by atoms with E-state index in [1.807, 2.05) is 37.3 Å². The summed E-state index contributed by atoms with van der Waals surface area (Å²) in [5.41, 5.74) is 1.47. The van der Waals surface area contributed by atoms with Crippen molar-refractivity contribution in [2.75, 3.05) is 25.7 Å². The Bertz CT molecular complexity index is 1220. The highest BCUT2D eigenvalue weighted by Gasteiger charge is 2.23. The number of nitrogens with zero attached hydrogens (tertiary/aromatic N) is 2. The van der Waals surface area contributed by atoms with Gasteiger partial charge < -0.3 is 14.4 Å². The van der Waals surface area contributed by atoms with Crippen LogP contribution < -0.4 is 14.4 Å². The highest BCUT2D eigenvalue weighted by molar-refractivity contribution is 7.22. The van der Waals surface area contributed by atoms with Gasteiger partial charge >= 0.3 is 0 Å². The molecule has 0 aliphatic carbocycles. The van der Waals surface area contributed by atoms with E-state index in [0.29, 0.717) is 33.8 Å². The molecule has 0 radical (unpaired) electrons. The third-order valence-electron chi connectivity index (χ3n) is 4.77. The number of thiophene rings is 1. The second kappa shape index (κ2) is 7.89. The Morgan fingerprint density at radius 1 is 1.10 bits per heavy atom. The van der Waals surface area contributed by atoms with Crippen LogP contribution in [0, 0.1) is 0 Å². The summed E-state index contributed by atoms with van der Waals surface area (Å²) in [7, 11) is 3.18. The molecular weight excluding hydrogens is 408 g/mol. The van der Waals surface area contributed by atoms with Crippen molar-refractivity contribution in [3.05, 3.63) is 58.6 Å². The maximum Gasteiger partial charge on any atom is 0.268 e. The van der Waals surface area contributed by atoms with E-state index in [-0.39, 0.29) is 5.91 Å². The number of para-hydroxylation sites is 1. The number of anilines is 1. The molecule has 0 spiro atoms. The fraction of sp³-hybridized carbons (Fsp3) is 0.182. The van der Waals surface area contributed by atoms with Gasteiger partial charge in [-0.2, -0.15) is 0 Å². The van der Waals surface area contributed by atoms with Crippen molar-refractivity contribution in [1.82, 2.24) is 4.98 Å². The SMILES string of the molecule is CCN(C(=O)c1cc2c(Cl)nc3ccccc3c2s1)c1cc(OC)ccc1OC. The zero-order valence-corrected chi connectivity index (χ0v) is 17.8. The van der Waals surface area contributed by atoms with Gasteiger partial charge in [-0.25, -0.2) is 4.98 Å². The number of amides is 1. The molecule has 2 aromatic carbocycles. The van der Waals surface area contributed by atoms with Crippen LogP contribution in [-0.4, -0.2) is 31.7 Å². The Kier molecular flexibility index (Phi) is 5.30. The zero-order valence-electron chi connectivity index (χ0n) is 16.2. The van der Waals surface area contributed by atoms with Gasteiger partial charge in [0, 0.05) is 28.1 Å². The van der Waals surface area contributed by atoms with Crippen LogP contribution in [0.2, 0.25) is 5.15 Å². The van der Waals surface area contributed by atoms with E-state index in [2.05, 4.69) is 4.98 Å². The molecule has 5 nitrogen and oxygen atoms in total. The van der Waals surface area contributed by atoms with Gasteiger partial charge in [0.15, 0.2) is 0 Å². The summed E-state index contributed by atoms with van der Waals surface area (Å²) in [5, 5.41) is 2.17. The highest BCUT2D eigenvalue weighted by atomic mass is 35.5. The molecule has 0 aliphatic rings. The molecule has 7 heteroatoms. The molecule has 0 atom stereocenters. The van der Waals surface area contributed by atoms with Crippen molar-refractivity contribution < 1.29 is 14.3 Å². The molecule has 0 saturated heterocycles. The molecule has 4 aromatic rings. The highest BCUT2D eigenvalue weighted by Crippen LogP contribution is 2.38. The van der Waals surface area contributed by atoms with E-state index in [1.54, 1.807) is 37.3 Å². The van der Waals surface area contributed by atoms with E-state index in [0.717, 1.165) is 21.0 Å². The Balaban J connectivity index is 1.84. The van der Waals surface area contributed by atoms with Gasteiger partial charge in [0.25, 0.3) is 5.91 Å². The van der Waals surface area contributed by atoms with Crippen molar-refractivity contribution in [1.29, 1.82) is 0 Å². The third-order valence-corrected chi connectivity index (χ3v) is 6.22. The molecule has 2 heterocycles. The van der Waals surface area contributed by atoms with Crippen molar-refractivity contribution in [2.45, 2.75) is 6.92 Å². The van der Waals surface area contributed by atoms with Gasteiger partial charge in [-0.3, -0.25) is 4.79 Å². The van der Waals surface area contributed by atoms with Gasteiger partial charge in [-0.05, 0) is 31.2 Å². The standard InChI is InChI=1S/C22H19ClN2O3S/c1-4-25(17-11-13(27-2)9-10-18(17)28-3)22(26)19-12-15-20(29-19)14-7-5-6-8-16(14)24-21(15)23/h5-12H,4H2,1-3H3. The number of benzene rings is 2. The number of halogens is 1. The molecule has 29 heavy (non-hydrogen) atoms. The maximum atomic E-state index is 13.4. The van der Waals surface area contributed by atoms with Crippen LogP contribution in [-0.2, 0) is 0 Å². The number of ether oxygens (including phenoxy) is 2. The van der Waals surface area contributed by atoms with Gasteiger partial charge in [0.05, 0.1) is 30.3 Å². The molecule has 4 rings (SSSR count). The van der Waals surface area contributed by atoms with Crippen molar-refractivity contribution in [3.63, 3.8) is 0 Å². The first-order valence-corrected chi connectivity index (χ1v) is 10.3. The minimum absolute atomic E-state index is 0.125. The van der Waals surface area contributed by atoms with Crippen LogP contribution in [0.3, 0.4) is 0 Å². The average molecular weight is 427 g/mol. The quantitative estimate of drug-likeness (QED) is 0.379. The summed E-state index contributed by atoms with van der Waals surface area (Å²) in [6, 6.07) is 15.0. The van der Waals surface area contributed by atoms with Gasteiger partial charge in [0.2, 0.25) is 0 Å². The van der Waals surface area contributed by atoms with Crippen LogP contribution in [0.15, 0.2) is 48.5 Å². The summed E-state index contributed by atoms with van der Waals surface area (Å²) in [4.78, 5) is 20.2. The molecule has 0 aliphatic heterocycles. The molecule has 148 valence electrons. The van der Waals surface area contributed by atoms with Crippen LogP contribution in [0.4, 0.5) is 5.69 Å². The predicted molar refractivity (Wildman–Crippen MR) is 119 cm³/mol. The number of methoxy groups -OCH3 is 2. The van der Waals surface area contributed by atoms with Gasteiger partial charge in [0.1, 0.15) is 16.7 Å². The fourth-order valence-corrected chi connectivity index (χ4v) is 4.78. The van der Waals surface area contributed by atoms with Crippen LogP contribution in [0.1, 0.15) is 16.6 Å². The van der Waals surface area contributed by atoms with Crippen molar-refractivity contribution >= 4 is 55.5 Å². The fourth-order valence-electron chi connectivity index (χ4n) is 3.34. The topological polar surface area (TPSA) is 51.7 Å². The maximum absolute atomic E-state index is 13.4. The predicted octanol–water partition coefficient (Wildman–Crippen LogP) is 5.79. The normalized spacial score (nSPS) is 11.0. The number of rotatable bonds is 5. The number of pyridine rings is 1. The molecule has 2 aromatic heterocycles. The Hall–Kier alpha value is -2.83. The lowest BCUT2D eigenvalue weighted by atomic mass is 10.2. The number of carbonyl (C=O) groups excluding carboxylic acids is 1. The molecule has 0 bridgehead atoms. The van der Waals surface area contributed by atoms with Crippen molar-refractivity contribution in [2.24, 2.45) is 0 Å². The lowest BCUT2D eigenvalue weighted by molar-refractivity contribution is 0.0991. The summed E-state index contributed by atoms with van der Waals surface area (Å²) in [6.07, 6.45) is 0. The average Bonchev–Trinajstić information content (AvgIpc) is 3.20. The molecule has 0 N–H and O–H groups in total. The largest absolute Gasteiger partial charge is 0.497 e. The van der Waals surface area contributed by atoms with Crippen molar-refractivity contribution in [3.8, 4) is 11.5 Å². The monoisotopic (exact) mass is 426 g/mol. The zero-order chi connectivity index (χ0) is 20.5. The van der Waals surface area contributed by atoms with Crippen LogP contribution >= 0.6 is 22.9 Å². The lowest BCUT2D eigenvalue weighted by Gasteiger charge is -2.23. The Morgan fingerprint density at radius 3 is 2.62 bits per heavy atom. The molecule has 0 unspecified atom stereocenters. The summed E-state index contributed by atoms with van der Waals surface area (Å²) in [6.45, 7) is 2.40. The second-order valence-electron chi connectivity index (χ2n) is 6.36. The minimum Gasteiger partial charge on any atom is -0.497 e. The van der Waals surface area contributed by atoms with Gasteiger partial charge in [-0.15, -0.1) is 11.3 Å². The molecule has 0 saturated carbocycles. The van der Waals surface area contributed by atoms with E-state index >= 15 is 0 Å². The van der Waals surface area contributed by atoms with E-state index in [1.165, 1.54) is 11.3 Å². The first-order chi connectivity index (χ1) is 14.1. The van der Waals surface area contributed by atoms with E-state index < -0.39 is 0 Å². The lowest BCUT2D eigenvalue weighted by Crippen LogP contribution is -2.30. The summed E-state index contributed by atoms with van der Waals surface area (Å²) < 4.78 is 11.8. The minimum atomic E-state index is -0.125. The second-order valence-corrected chi connectivity index (χ2v) is 7.77. The number of aromatic nitrogens is 1. The van der Waals surface area contributed by atoms with Crippen LogP contribution in [0.5, 0.6) is 11.5 Å². The Labute approximate surface area is 177 Å².